The van der Waals surface area contributed by atoms with Crippen LogP contribution in [0.2, 0.25) is 0 Å². The van der Waals surface area contributed by atoms with E-state index in [0.717, 1.165) is 30.5 Å². The van der Waals surface area contributed by atoms with Crippen LogP contribution in [0.1, 0.15) is 12.8 Å². The largest absolute Gasteiger partial charge is 0.489 e. The summed E-state index contributed by atoms with van der Waals surface area (Å²) >= 11 is 0. The number of rotatable bonds is 6. The highest BCUT2D eigenvalue weighted by atomic mass is 16.5. The Labute approximate surface area is 150 Å². The van der Waals surface area contributed by atoms with E-state index in [1.807, 2.05) is 48.5 Å². The van der Waals surface area contributed by atoms with E-state index in [-0.39, 0.29) is 18.6 Å². The van der Waals surface area contributed by atoms with Gasteiger partial charge >= 0.3 is 0 Å². The van der Waals surface area contributed by atoms with Crippen LogP contribution >= 0.6 is 0 Å². The average Bonchev–Trinajstić information content (AvgIpc) is 3.29. The molecule has 134 valence electrons. The van der Waals surface area contributed by atoms with Crippen LogP contribution in [0, 0.1) is 0 Å². The summed E-state index contributed by atoms with van der Waals surface area (Å²) in [5.41, 5.74) is 2.16. The number of benzene rings is 2. The standard InChI is InChI=1S/C19H20N4O3/c24-19(12-23-21-15-7-1-2-8-16(15)22-23)20-17-9-3-4-10-18(17)26-13-14-6-5-11-25-14/h1-4,7-10,14H,5-6,11-13H2,(H,20,24). The van der Waals surface area contributed by atoms with Crippen LogP contribution in [0.15, 0.2) is 48.5 Å². The Morgan fingerprint density at radius 3 is 2.62 bits per heavy atom. The lowest BCUT2D eigenvalue weighted by molar-refractivity contribution is -0.117. The molecule has 1 atom stereocenters. The first-order valence-electron chi connectivity index (χ1n) is 8.71. The van der Waals surface area contributed by atoms with Crippen molar-refractivity contribution >= 4 is 22.6 Å². The van der Waals surface area contributed by atoms with E-state index in [0.29, 0.717) is 18.0 Å². The summed E-state index contributed by atoms with van der Waals surface area (Å²) in [5, 5.41) is 11.5. The van der Waals surface area contributed by atoms with E-state index >= 15 is 0 Å². The molecular formula is C19H20N4O3. The number of fused-ring (bicyclic) bond motifs is 1. The number of ether oxygens (including phenoxy) is 2. The van der Waals surface area contributed by atoms with Crippen LogP contribution in [-0.4, -0.2) is 40.2 Å². The molecule has 0 spiro atoms. The van der Waals surface area contributed by atoms with Crippen molar-refractivity contribution in [3.63, 3.8) is 0 Å². The summed E-state index contributed by atoms with van der Waals surface area (Å²) in [4.78, 5) is 13.8. The minimum Gasteiger partial charge on any atom is -0.489 e. The number of carbonyl (C=O) groups is 1. The zero-order valence-electron chi connectivity index (χ0n) is 14.3. The smallest absolute Gasteiger partial charge is 0.248 e. The van der Waals surface area contributed by atoms with Gasteiger partial charge in [-0.2, -0.15) is 15.0 Å². The highest BCUT2D eigenvalue weighted by Crippen LogP contribution is 2.25. The van der Waals surface area contributed by atoms with Crippen molar-refractivity contribution in [1.82, 2.24) is 15.0 Å². The predicted octanol–water partition coefficient (Wildman–Crippen LogP) is 2.63. The van der Waals surface area contributed by atoms with Gasteiger partial charge in [-0.15, -0.1) is 0 Å². The van der Waals surface area contributed by atoms with Crippen molar-refractivity contribution in [2.75, 3.05) is 18.5 Å². The molecule has 1 unspecified atom stereocenters. The first-order chi connectivity index (χ1) is 12.8. The first kappa shape index (κ1) is 16.5. The summed E-state index contributed by atoms with van der Waals surface area (Å²) in [5.74, 6) is 0.424. The average molecular weight is 352 g/mol. The van der Waals surface area contributed by atoms with E-state index in [1.54, 1.807) is 0 Å². The molecule has 1 amide bonds. The summed E-state index contributed by atoms with van der Waals surface area (Å²) in [6.45, 7) is 1.31. The molecule has 0 saturated carbocycles. The Balaban J connectivity index is 1.40. The van der Waals surface area contributed by atoms with Gasteiger partial charge in [-0.1, -0.05) is 24.3 Å². The number of carbonyl (C=O) groups excluding carboxylic acids is 1. The Morgan fingerprint density at radius 1 is 1.15 bits per heavy atom. The van der Waals surface area contributed by atoms with Gasteiger partial charge in [0.2, 0.25) is 5.91 Å². The van der Waals surface area contributed by atoms with Crippen molar-refractivity contribution in [1.29, 1.82) is 0 Å². The fourth-order valence-corrected chi connectivity index (χ4v) is 2.95. The van der Waals surface area contributed by atoms with E-state index in [2.05, 4.69) is 15.5 Å². The summed E-state index contributed by atoms with van der Waals surface area (Å²) < 4.78 is 11.4. The second-order valence-electron chi connectivity index (χ2n) is 6.21. The van der Waals surface area contributed by atoms with Crippen molar-refractivity contribution in [2.45, 2.75) is 25.5 Å². The number of hydrogen-bond acceptors (Lipinski definition) is 5. The number of amides is 1. The van der Waals surface area contributed by atoms with Gasteiger partial charge in [0, 0.05) is 6.61 Å². The van der Waals surface area contributed by atoms with Crippen molar-refractivity contribution in [2.24, 2.45) is 0 Å². The van der Waals surface area contributed by atoms with Gasteiger partial charge in [0.05, 0.1) is 11.8 Å². The lowest BCUT2D eigenvalue weighted by atomic mass is 10.2. The maximum Gasteiger partial charge on any atom is 0.248 e. The predicted molar refractivity (Wildman–Crippen MR) is 97.1 cm³/mol. The van der Waals surface area contributed by atoms with Gasteiger partial charge in [-0.05, 0) is 37.1 Å². The highest BCUT2D eigenvalue weighted by Gasteiger charge is 2.17. The zero-order valence-corrected chi connectivity index (χ0v) is 14.3. The minimum atomic E-state index is -0.210. The van der Waals surface area contributed by atoms with E-state index in [1.165, 1.54) is 4.80 Å². The third kappa shape index (κ3) is 3.83. The SMILES string of the molecule is O=C(Cn1nc2ccccc2n1)Nc1ccccc1OCC1CCCO1. The number of para-hydroxylation sites is 2. The van der Waals surface area contributed by atoms with Crippen molar-refractivity contribution < 1.29 is 14.3 Å². The molecule has 1 fully saturated rings. The Kier molecular flexibility index (Phi) is 4.79. The van der Waals surface area contributed by atoms with Crippen LogP contribution < -0.4 is 10.1 Å². The number of nitrogens with one attached hydrogen (secondary N) is 1. The Bertz CT molecular complexity index is 869. The minimum absolute atomic E-state index is 0.0365. The Hall–Kier alpha value is -2.93. The molecule has 7 nitrogen and oxygen atoms in total. The van der Waals surface area contributed by atoms with E-state index in [9.17, 15) is 4.79 Å². The second-order valence-corrected chi connectivity index (χ2v) is 6.21. The highest BCUT2D eigenvalue weighted by molar-refractivity contribution is 5.92. The quantitative estimate of drug-likeness (QED) is 0.738. The molecule has 2 aromatic carbocycles. The first-order valence-corrected chi connectivity index (χ1v) is 8.71. The molecule has 0 radical (unpaired) electrons. The molecule has 7 heteroatoms. The van der Waals surface area contributed by atoms with Crippen LogP contribution in [-0.2, 0) is 16.1 Å². The fourth-order valence-electron chi connectivity index (χ4n) is 2.95. The molecule has 0 bridgehead atoms. The zero-order chi connectivity index (χ0) is 17.8. The van der Waals surface area contributed by atoms with Gasteiger partial charge in [0.15, 0.2) is 0 Å². The maximum absolute atomic E-state index is 12.4. The molecule has 0 aliphatic carbocycles. The molecule has 3 aromatic rings. The van der Waals surface area contributed by atoms with Crippen LogP contribution in [0.4, 0.5) is 5.69 Å². The molecular weight excluding hydrogens is 332 g/mol. The maximum atomic E-state index is 12.4. The molecule has 1 N–H and O–H groups in total. The van der Waals surface area contributed by atoms with Gasteiger partial charge in [0.1, 0.15) is 29.9 Å². The number of nitrogens with zero attached hydrogens (tertiary/aromatic N) is 3. The number of hydrogen-bond donors (Lipinski definition) is 1. The Morgan fingerprint density at radius 2 is 1.88 bits per heavy atom. The fraction of sp³-hybridized carbons (Fsp3) is 0.316. The van der Waals surface area contributed by atoms with Crippen LogP contribution in [0.3, 0.4) is 0 Å². The van der Waals surface area contributed by atoms with Crippen molar-refractivity contribution in [3.8, 4) is 5.75 Å². The van der Waals surface area contributed by atoms with Crippen LogP contribution in [0.25, 0.3) is 11.0 Å². The molecule has 1 saturated heterocycles. The van der Waals surface area contributed by atoms with E-state index in [4.69, 9.17) is 9.47 Å². The third-order valence-electron chi connectivity index (χ3n) is 4.22. The lowest BCUT2D eigenvalue weighted by Gasteiger charge is -2.15. The second kappa shape index (κ2) is 7.53. The van der Waals surface area contributed by atoms with Gasteiger partial charge in [0.25, 0.3) is 0 Å². The molecule has 1 aliphatic heterocycles. The van der Waals surface area contributed by atoms with E-state index < -0.39 is 0 Å². The summed E-state index contributed by atoms with van der Waals surface area (Å²) in [7, 11) is 0. The summed E-state index contributed by atoms with van der Waals surface area (Å²) in [6.07, 6.45) is 2.20. The number of aromatic nitrogens is 3. The number of anilines is 1. The topological polar surface area (TPSA) is 78.3 Å². The lowest BCUT2D eigenvalue weighted by Crippen LogP contribution is -2.21. The van der Waals surface area contributed by atoms with Crippen LogP contribution in [0.5, 0.6) is 5.75 Å². The molecule has 4 rings (SSSR count). The third-order valence-corrected chi connectivity index (χ3v) is 4.22. The monoisotopic (exact) mass is 352 g/mol. The van der Waals surface area contributed by atoms with Gasteiger partial charge < -0.3 is 14.8 Å². The summed E-state index contributed by atoms with van der Waals surface area (Å²) in [6, 6.07) is 14.9. The molecule has 1 aromatic heterocycles. The molecule has 2 heterocycles. The molecule has 1 aliphatic rings. The van der Waals surface area contributed by atoms with Gasteiger partial charge in [-0.25, -0.2) is 0 Å². The van der Waals surface area contributed by atoms with Crippen molar-refractivity contribution in [3.05, 3.63) is 48.5 Å². The normalized spacial score (nSPS) is 16.7. The van der Waals surface area contributed by atoms with Gasteiger partial charge in [-0.3, -0.25) is 4.79 Å². The molecule has 26 heavy (non-hydrogen) atoms.